The van der Waals surface area contributed by atoms with Crippen molar-refractivity contribution in [3.05, 3.63) is 11.6 Å². The van der Waals surface area contributed by atoms with Crippen molar-refractivity contribution in [3.63, 3.8) is 0 Å². The van der Waals surface area contributed by atoms with Gasteiger partial charge in [0, 0.05) is 5.33 Å². The maximum absolute atomic E-state index is 11.6. The standard InChI is InChI=1S/C5H3BrF6/c6-2-1-3(4(7,8)9)5(10,11)12/h1H,2H2. The topological polar surface area (TPSA) is 0 Å². The second kappa shape index (κ2) is 3.68. The molecule has 0 bridgehead atoms. The van der Waals surface area contributed by atoms with Crippen molar-refractivity contribution in [3.8, 4) is 0 Å². The van der Waals surface area contributed by atoms with Gasteiger partial charge in [0.1, 0.15) is 5.57 Å². The average Bonchev–Trinajstić information content (AvgIpc) is 1.77. The number of alkyl halides is 7. The highest BCUT2D eigenvalue weighted by Crippen LogP contribution is 2.38. The van der Waals surface area contributed by atoms with Crippen LogP contribution in [0.1, 0.15) is 0 Å². The normalized spacial score (nSPS) is 12.9. The molecule has 0 rings (SSSR count). The van der Waals surface area contributed by atoms with Gasteiger partial charge in [-0.3, -0.25) is 0 Å². The smallest absolute Gasteiger partial charge is 0.166 e. The van der Waals surface area contributed by atoms with Gasteiger partial charge >= 0.3 is 12.4 Å². The molecule has 12 heavy (non-hydrogen) atoms. The van der Waals surface area contributed by atoms with Crippen LogP contribution in [-0.2, 0) is 0 Å². The molecule has 0 aliphatic rings. The molecule has 0 radical (unpaired) electrons. The zero-order valence-corrected chi connectivity index (χ0v) is 7.02. The van der Waals surface area contributed by atoms with Crippen LogP contribution >= 0.6 is 15.9 Å². The van der Waals surface area contributed by atoms with Crippen molar-refractivity contribution in [1.29, 1.82) is 0 Å². The minimum atomic E-state index is -5.34. The molecule has 0 spiro atoms. The SMILES string of the molecule is FC(F)(F)C(=CCBr)C(F)(F)F. The maximum Gasteiger partial charge on any atom is 0.421 e. The van der Waals surface area contributed by atoms with Gasteiger partial charge in [-0.25, -0.2) is 0 Å². The van der Waals surface area contributed by atoms with Crippen molar-refractivity contribution in [2.75, 3.05) is 5.33 Å². The van der Waals surface area contributed by atoms with Gasteiger partial charge in [-0.1, -0.05) is 22.0 Å². The third-order valence-electron chi connectivity index (χ3n) is 0.892. The summed E-state index contributed by atoms with van der Waals surface area (Å²) in [5.41, 5.74) is -2.48. The summed E-state index contributed by atoms with van der Waals surface area (Å²) in [6.45, 7) is 0. The molecule has 7 heteroatoms. The van der Waals surface area contributed by atoms with E-state index in [0.717, 1.165) is 0 Å². The lowest BCUT2D eigenvalue weighted by molar-refractivity contribution is -0.172. The average molecular weight is 257 g/mol. The van der Waals surface area contributed by atoms with Crippen LogP contribution in [0.5, 0.6) is 0 Å². The Morgan fingerprint density at radius 3 is 1.42 bits per heavy atom. The summed E-state index contributed by atoms with van der Waals surface area (Å²) < 4.78 is 69.6. The Morgan fingerprint density at radius 2 is 1.33 bits per heavy atom. The Bertz CT molecular complexity index is 159. The van der Waals surface area contributed by atoms with Crippen LogP contribution in [0.4, 0.5) is 26.3 Å². The quantitative estimate of drug-likeness (QED) is 0.383. The van der Waals surface area contributed by atoms with Crippen LogP contribution in [-0.4, -0.2) is 17.7 Å². The molecule has 0 nitrogen and oxygen atoms in total. The largest absolute Gasteiger partial charge is 0.421 e. The third-order valence-corrected chi connectivity index (χ3v) is 1.22. The van der Waals surface area contributed by atoms with E-state index in [9.17, 15) is 26.3 Å². The maximum atomic E-state index is 11.6. The second-order valence-electron chi connectivity index (χ2n) is 1.77. The van der Waals surface area contributed by atoms with Crippen molar-refractivity contribution in [2.24, 2.45) is 0 Å². The van der Waals surface area contributed by atoms with E-state index in [2.05, 4.69) is 15.9 Å². The predicted octanol–water partition coefficient (Wildman–Crippen LogP) is 3.43. The van der Waals surface area contributed by atoms with E-state index in [1.807, 2.05) is 0 Å². The first-order chi connectivity index (χ1) is 5.19. The molecule has 0 aromatic rings. The van der Waals surface area contributed by atoms with Gasteiger partial charge < -0.3 is 0 Å². The zero-order chi connectivity index (χ0) is 9.99. The van der Waals surface area contributed by atoms with E-state index < -0.39 is 23.3 Å². The minimum Gasteiger partial charge on any atom is -0.166 e. The molecule has 0 fully saturated rings. The summed E-state index contributed by atoms with van der Waals surface area (Å²) in [5.74, 6) is 0. The molecule has 0 unspecified atom stereocenters. The number of rotatable bonds is 1. The van der Waals surface area contributed by atoms with Gasteiger partial charge in [-0.15, -0.1) is 0 Å². The monoisotopic (exact) mass is 256 g/mol. The van der Waals surface area contributed by atoms with Crippen molar-refractivity contribution >= 4 is 15.9 Å². The molecule has 0 aromatic heterocycles. The molecule has 0 saturated carbocycles. The first-order valence-corrected chi connectivity index (χ1v) is 3.72. The van der Waals surface area contributed by atoms with E-state index >= 15 is 0 Å². The molecule has 0 aliphatic carbocycles. The molecule has 0 amide bonds. The first-order valence-electron chi connectivity index (χ1n) is 2.60. The molecule has 0 heterocycles. The Hall–Kier alpha value is -0.200. The van der Waals surface area contributed by atoms with Crippen LogP contribution in [0.3, 0.4) is 0 Å². The number of hydrogen-bond donors (Lipinski definition) is 0. The van der Waals surface area contributed by atoms with E-state index in [0.29, 0.717) is 0 Å². The van der Waals surface area contributed by atoms with Crippen LogP contribution in [0.15, 0.2) is 11.6 Å². The predicted molar refractivity (Wildman–Crippen MR) is 34.0 cm³/mol. The number of allylic oxidation sites excluding steroid dienone is 2. The molecular formula is C5H3BrF6. The highest BCUT2D eigenvalue weighted by Gasteiger charge is 2.50. The van der Waals surface area contributed by atoms with Crippen LogP contribution in [0, 0.1) is 0 Å². The van der Waals surface area contributed by atoms with E-state index in [4.69, 9.17) is 0 Å². The summed E-state index contributed by atoms with van der Waals surface area (Å²) in [6, 6.07) is 0. The summed E-state index contributed by atoms with van der Waals surface area (Å²) in [4.78, 5) is 0. The summed E-state index contributed by atoms with van der Waals surface area (Å²) in [5, 5.41) is -0.485. The molecule has 0 aliphatic heterocycles. The molecule has 0 N–H and O–H groups in total. The summed E-state index contributed by atoms with van der Waals surface area (Å²) >= 11 is 2.46. The van der Waals surface area contributed by atoms with Crippen molar-refractivity contribution in [2.45, 2.75) is 12.4 Å². The van der Waals surface area contributed by atoms with Gasteiger partial charge in [-0.2, -0.15) is 26.3 Å². The number of hydrogen-bond acceptors (Lipinski definition) is 0. The Kier molecular flexibility index (Phi) is 3.61. The van der Waals surface area contributed by atoms with E-state index in [-0.39, 0.29) is 6.08 Å². The van der Waals surface area contributed by atoms with Gasteiger partial charge in [0.2, 0.25) is 0 Å². The van der Waals surface area contributed by atoms with E-state index in [1.165, 1.54) is 0 Å². The summed E-state index contributed by atoms with van der Waals surface area (Å²) in [6.07, 6.45) is -10.6. The van der Waals surface area contributed by atoms with Gasteiger partial charge in [-0.05, 0) is 0 Å². The lowest BCUT2D eigenvalue weighted by Crippen LogP contribution is -2.26. The molecule has 0 aromatic carbocycles. The highest BCUT2D eigenvalue weighted by atomic mass is 79.9. The first kappa shape index (κ1) is 11.8. The fourth-order valence-corrected chi connectivity index (χ4v) is 0.793. The fraction of sp³-hybridized carbons (Fsp3) is 0.600. The third kappa shape index (κ3) is 3.46. The molecule has 72 valence electrons. The molecule has 0 saturated heterocycles. The van der Waals surface area contributed by atoms with Gasteiger partial charge in [0.25, 0.3) is 0 Å². The van der Waals surface area contributed by atoms with Crippen molar-refractivity contribution in [1.82, 2.24) is 0 Å². The lowest BCUT2D eigenvalue weighted by atomic mass is 10.2. The highest BCUT2D eigenvalue weighted by molar-refractivity contribution is 9.09. The zero-order valence-electron chi connectivity index (χ0n) is 5.43. The molecular weight excluding hydrogens is 254 g/mol. The van der Waals surface area contributed by atoms with Gasteiger partial charge in [0.15, 0.2) is 0 Å². The summed E-state index contributed by atoms with van der Waals surface area (Å²) in [7, 11) is 0. The van der Waals surface area contributed by atoms with Crippen LogP contribution in [0.2, 0.25) is 0 Å². The van der Waals surface area contributed by atoms with Crippen LogP contribution in [0.25, 0.3) is 0 Å². The Morgan fingerprint density at radius 1 is 1.00 bits per heavy atom. The Balaban J connectivity index is 4.83. The lowest BCUT2D eigenvalue weighted by Gasteiger charge is -2.13. The minimum absolute atomic E-state index is 0.0417. The van der Waals surface area contributed by atoms with Crippen molar-refractivity contribution < 1.29 is 26.3 Å². The number of halogens is 7. The van der Waals surface area contributed by atoms with E-state index in [1.54, 1.807) is 0 Å². The second-order valence-corrected chi connectivity index (χ2v) is 2.42. The fourth-order valence-electron chi connectivity index (χ4n) is 0.469. The van der Waals surface area contributed by atoms with Gasteiger partial charge in [0.05, 0.1) is 0 Å². The van der Waals surface area contributed by atoms with Crippen LogP contribution < -0.4 is 0 Å². The Labute approximate surface area is 72.4 Å². The molecule has 0 atom stereocenters.